The van der Waals surface area contributed by atoms with E-state index in [1.807, 2.05) is 0 Å². The van der Waals surface area contributed by atoms with E-state index >= 15 is 0 Å². The molecule has 0 amide bonds. The van der Waals surface area contributed by atoms with Gasteiger partial charge in [0.05, 0.1) is 13.2 Å². The van der Waals surface area contributed by atoms with Crippen LogP contribution in [0.3, 0.4) is 0 Å². The molecule has 0 aromatic carbocycles. The minimum atomic E-state index is 0.583. The van der Waals surface area contributed by atoms with Crippen molar-refractivity contribution in [3.63, 3.8) is 0 Å². The molecule has 4 heteroatoms. The van der Waals surface area contributed by atoms with Gasteiger partial charge in [0.2, 0.25) is 0 Å². The van der Waals surface area contributed by atoms with Crippen LogP contribution in [0.5, 0.6) is 0 Å². The summed E-state index contributed by atoms with van der Waals surface area (Å²) in [5.41, 5.74) is 0. The molecule has 2 fully saturated rings. The molecule has 1 N–H and O–H groups in total. The summed E-state index contributed by atoms with van der Waals surface area (Å²) in [5.74, 6) is 0.690. The van der Waals surface area contributed by atoms with Gasteiger partial charge in [0.1, 0.15) is 0 Å². The highest BCUT2D eigenvalue weighted by atomic mass is 16.5. The molecule has 2 unspecified atom stereocenters. The first-order valence-electron chi connectivity index (χ1n) is 7.89. The molecule has 4 nitrogen and oxygen atoms in total. The van der Waals surface area contributed by atoms with Gasteiger partial charge in [-0.2, -0.15) is 0 Å². The van der Waals surface area contributed by atoms with Crippen LogP contribution < -0.4 is 5.32 Å². The number of hydrogen-bond donors (Lipinski definition) is 1. The zero-order valence-electron chi connectivity index (χ0n) is 12.6. The number of nitrogens with zero attached hydrogens (tertiary/aromatic N) is 1. The minimum absolute atomic E-state index is 0.583. The normalized spacial score (nSPS) is 25.1. The Hall–Kier alpha value is -0.160. The molecule has 2 atom stereocenters. The summed E-state index contributed by atoms with van der Waals surface area (Å²) < 4.78 is 10.8. The van der Waals surface area contributed by atoms with E-state index in [9.17, 15) is 0 Å². The zero-order chi connectivity index (χ0) is 13.5. The van der Waals surface area contributed by atoms with Crippen LogP contribution in [0.4, 0.5) is 0 Å². The predicted octanol–water partition coefficient (Wildman–Crippen LogP) is 1.50. The maximum Gasteiger partial charge on any atom is 0.0589 e. The van der Waals surface area contributed by atoms with Gasteiger partial charge in [-0.15, -0.1) is 0 Å². The lowest BCUT2D eigenvalue weighted by Gasteiger charge is -2.31. The van der Waals surface area contributed by atoms with Crippen LogP contribution in [0.15, 0.2) is 0 Å². The summed E-state index contributed by atoms with van der Waals surface area (Å²) in [6.45, 7) is 8.29. The van der Waals surface area contributed by atoms with Crippen molar-refractivity contribution in [1.82, 2.24) is 10.2 Å². The highest BCUT2D eigenvalue weighted by Crippen LogP contribution is 2.28. The van der Waals surface area contributed by atoms with Crippen LogP contribution in [0.1, 0.15) is 32.6 Å². The largest absolute Gasteiger partial charge is 0.383 e. The third-order valence-corrected chi connectivity index (χ3v) is 4.27. The number of ether oxygens (including phenoxy) is 2. The molecule has 1 saturated carbocycles. The van der Waals surface area contributed by atoms with E-state index in [1.165, 1.54) is 25.7 Å². The van der Waals surface area contributed by atoms with E-state index in [-0.39, 0.29) is 0 Å². The average Bonchev–Trinajstić information content (AvgIpc) is 3.13. The Morgan fingerprint density at radius 2 is 2.21 bits per heavy atom. The van der Waals surface area contributed by atoms with Crippen molar-refractivity contribution < 1.29 is 9.47 Å². The van der Waals surface area contributed by atoms with Gasteiger partial charge in [-0.25, -0.2) is 0 Å². The Labute approximate surface area is 117 Å². The Kier molecular flexibility index (Phi) is 6.57. The zero-order valence-corrected chi connectivity index (χ0v) is 12.6. The van der Waals surface area contributed by atoms with Gasteiger partial charge in [-0.1, -0.05) is 6.92 Å². The minimum Gasteiger partial charge on any atom is -0.383 e. The van der Waals surface area contributed by atoms with Crippen molar-refractivity contribution in [2.45, 2.75) is 44.7 Å². The van der Waals surface area contributed by atoms with Gasteiger partial charge in [-0.3, -0.25) is 4.90 Å². The first-order valence-corrected chi connectivity index (χ1v) is 7.89. The van der Waals surface area contributed by atoms with E-state index < -0.39 is 0 Å². The van der Waals surface area contributed by atoms with E-state index in [0.717, 1.165) is 45.5 Å². The van der Waals surface area contributed by atoms with E-state index in [4.69, 9.17) is 9.47 Å². The molecular formula is C15H30N2O2. The summed E-state index contributed by atoms with van der Waals surface area (Å²) in [5, 5.41) is 3.74. The fourth-order valence-electron chi connectivity index (χ4n) is 2.90. The Morgan fingerprint density at radius 3 is 2.79 bits per heavy atom. The van der Waals surface area contributed by atoms with E-state index in [2.05, 4.69) is 17.1 Å². The summed E-state index contributed by atoms with van der Waals surface area (Å²) in [6, 6.07) is 1.39. The molecule has 0 spiro atoms. The van der Waals surface area contributed by atoms with Crippen molar-refractivity contribution in [3.05, 3.63) is 0 Å². The lowest BCUT2D eigenvalue weighted by Crippen LogP contribution is -2.47. The molecule has 0 aromatic rings. The van der Waals surface area contributed by atoms with Crippen molar-refractivity contribution in [1.29, 1.82) is 0 Å². The van der Waals surface area contributed by atoms with Crippen LogP contribution >= 0.6 is 0 Å². The monoisotopic (exact) mass is 270 g/mol. The summed E-state index contributed by atoms with van der Waals surface area (Å²) >= 11 is 0. The lowest BCUT2D eigenvalue weighted by atomic mass is 9.98. The average molecular weight is 270 g/mol. The standard InChI is InChI=1S/C15H30N2O2/c1-3-7-16-15(13-6-9-19-12-13)11-17(8-10-18-2)14-4-5-14/h13-16H,3-12H2,1-2H3. The second kappa shape index (κ2) is 8.20. The molecule has 2 rings (SSSR count). The third-order valence-electron chi connectivity index (χ3n) is 4.27. The summed E-state index contributed by atoms with van der Waals surface area (Å²) in [6.07, 6.45) is 5.15. The Balaban J connectivity index is 1.84. The molecule has 0 aromatic heterocycles. The molecule has 1 saturated heterocycles. The van der Waals surface area contributed by atoms with E-state index in [1.54, 1.807) is 7.11 Å². The van der Waals surface area contributed by atoms with Crippen molar-refractivity contribution in [3.8, 4) is 0 Å². The molecular weight excluding hydrogens is 240 g/mol. The van der Waals surface area contributed by atoms with Crippen LogP contribution in [-0.2, 0) is 9.47 Å². The van der Waals surface area contributed by atoms with Gasteiger partial charge in [0, 0.05) is 44.8 Å². The highest BCUT2D eigenvalue weighted by molar-refractivity contribution is 4.89. The molecule has 0 bridgehead atoms. The van der Waals surface area contributed by atoms with Crippen LogP contribution in [0, 0.1) is 5.92 Å². The van der Waals surface area contributed by atoms with Crippen molar-refractivity contribution in [2.24, 2.45) is 5.92 Å². The fourth-order valence-corrected chi connectivity index (χ4v) is 2.90. The van der Waals surface area contributed by atoms with Gasteiger partial charge < -0.3 is 14.8 Å². The third kappa shape index (κ3) is 5.03. The first-order chi connectivity index (χ1) is 9.35. The van der Waals surface area contributed by atoms with Crippen LogP contribution in [0.2, 0.25) is 0 Å². The van der Waals surface area contributed by atoms with Crippen LogP contribution in [0.25, 0.3) is 0 Å². The second-order valence-corrected chi connectivity index (χ2v) is 5.90. The fraction of sp³-hybridized carbons (Fsp3) is 1.00. The Morgan fingerprint density at radius 1 is 1.37 bits per heavy atom. The highest BCUT2D eigenvalue weighted by Gasteiger charge is 2.33. The van der Waals surface area contributed by atoms with Gasteiger partial charge in [0.15, 0.2) is 0 Å². The van der Waals surface area contributed by atoms with Crippen LogP contribution in [-0.4, -0.2) is 63.5 Å². The number of methoxy groups -OCH3 is 1. The first kappa shape index (κ1) is 15.2. The second-order valence-electron chi connectivity index (χ2n) is 5.90. The topological polar surface area (TPSA) is 33.7 Å². The van der Waals surface area contributed by atoms with Crippen molar-refractivity contribution >= 4 is 0 Å². The summed E-state index contributed by atoms with van der Waals surface area (Å²) in [4.78, 5) is 2.62. The Bertz CT molecular complexity index is 240. The number of nitrogens with one attached hydrogen (secondary N) is 1. The molecule has 0 radical (unpaired) electrons. The maximum atomic E-state index is 5.57. The van der Waals surface area contributed by atoms with Crippen molar-refractivity contribution in [2.75, 3.05) is 46.6 Å². The lowest BCUT2D eigenvalue weighted by molar-refractivity contribution is 0.122. The number of hydrogen-bond acceptors (Lipinski definition) is 4. The molecule has 2 aliphatic rings. The molecule has 1 aliphatic heterocycles. The molecule has 1 aliphatic carbocycles. The predicted molar refractivity (Wildman–Crippen MR) is 77.5 cm³/mol. The maximum absolute atomic E-state index is 5.57. The molecule has 112 valence electrons. The summed E-state index contributed by atoms with van der Waals surface area (Å²) in [7, 11) is 1.79. The van der Waals surface area contributed by atoms with Gasteiger partial charge in [-0.05, 0) is 32.2 Å². The van der Waals surface area contributed by atoms with Gasteiger partial charge >= 0.3 is 0 Å². The van der Waals surface area contributed by atoms with Gasteiger partial charge in [0.25, 0.3) is 0 Å². The van der Waals surface area contributed by atoms with E-state index in [0.29, 0.717) is 12.0 Å². The molecule has 1 heterocycles. The number of rotatable bonds is 10. The SMILES string of the molecule is CCCNC(CN(CCOC)C1CC1)C1CCOC1. The molecule has 19 heavy (non-hydrogen) atoms. The quantitative estimate of drug-likeness (QED) is 0.652. The smallest absolute Gasteiger partial charge is 0.0589 e.